The summed E-state index contributed by atoms with van der Waals surface area (Å²) in [6, 6.07) is 22.0. The molecule has 4 rings (SSSR count). The minimum atomic E-state index is -0.114. The molecular formula is C27H28N2O3. The van der Waals surface area contributed by atoms with Gasteiger partial charge in [0.2, 0.25) is 5.91 Å². The number of hydrogen-bond donors (Lipinski definition) is 2. The Bertz CT molecular complexity index is 1230. The summed E-state index contributed by atoms with van der Waals surface area (Å²) >= 11 is 0. The summed E-state index contributed by atoms with van der Waals surface area (Å²) < 4.78 is 11.3. The Labute approximate surface area is 188 Å². The summed E-state index contributed by atoms with van der Waals surface area (Å²) in [7, 11) is 3.27. The number of fused-ring (bicyclic) bond motifs is 1. The van der Waals surface area contributed by atoms with Crippen LogP contribution in [0.3, 0.4) is 0 Å². The number of aromatic nitrogens is 1. The average molecular weight is 429 g/mol. The van der Waals surface area contributed by atoms with Crippen LogP contribution in [0.5, 0.6) is 11.5 Å². The maximum absolute atomic E-state index is 12.8. The molecule has 5 heteroatoms. The van der Waals surface area contributed by atoms with Gasteiger partial charge in [-0.2, -0.15) is 0 Å². The normalized spacial score (nSPS) is 11.8. The average Bonchev–Trinajstić information content (AvgIpc) is 3.24. The van der Waals surface area contributed by atoms with Crippen molar-refractivity contribution in [2.24, 2.45) is 0 Å². The molecule has 5 nitrogen and oxygen atoms in total. The summed E-state index contributed by atoms with van der Waals surface area (Å²) in [6.07, 6.45) is 2.37. The predicted molar refractivity (Wildman–Crippen MR) is 128 cm³/mol. The zero-order valence-corrected chi connectivity index (χ0v) is 18.6. The van der Waals surface area contributed by atoms with E-state index in [1.165, 1.54) is 0 Å². The first kappa shape index (κ1) is 21.5. The van der Waals surface area contributed by atoms with Gasteiger partial charge in [0.15, 0.2) is 11.5 Å². The summed E-state index contributed by atoms with van der Waals surface area (Å²) in [4.78, 5) is 16.2. The number of para-hydroxylation sites is 2. The highest BCUT2D eigenvalue weighted by Crippen LogP contribution is 2.40. The molecule has 0 saturated carbocycles. The number of amides is 1. The lowest BCUT2D eigenvalue weighted by atomic mass is 9.89. The highest BCUT2D eigenvalue weighted by atomic mass is 16.5. The Morgan fingerprint density at radius 1 is 0.938 bits per heavy atom. The first-order valence-electron chi connectivity index (χ1n) is 10.7. The number of aromatic amines is 1. The molecule has 4 aromatic rings. The Kier molecular flexibility index (Phi) is 6.45. The van der Waals surface area contributed by atoms with Gasteiger partial charge in [0.1, 0.15) is 0 Å². The number of methoxy groups -OCH3 is 2. The molecule has 32 heavy (non-hydrogen) atoms. The van der Waals surface area contributed by atoms with E-state index in [0.29, 0.717) is 24.5 Å². The van der Waals surface area contributed by atoms with E-state index in [0.717, 1.165) is 33.2 Å². The highest BCUT2D eigenvalue weighted by Gasteiger charge is 2.24. The van der Waals surface area contributed by atoms with Crippen LogP contribution in [0.15, 0.2) is 72.9 Å². The summed E-state index contributed by atoms with van der Waals surface area (Å²) in [6.45, 7) is 2.47. The fourth-order valence-corrected chi connectivity index (χ4v) is 4.22. The van der Waals surface area contributed by atoms with Crippen molar-refractivity contribution >= 4 is 16.8 Å². The van der Waals surface area contributed by atoms with E-state index >= 15 is 0 Å². The zero-order chi connectivity index (χ0) is 22.5. The largest absolute Gasteiger partial charge is 0.493 e. The van der Waals surface area contributed by atoms with Crippen LogP contribution in [-0.4, -0.2) is 31.7 Å². The van der Waals surface area contributed by atoms with E-state index in [2.05, 4.69) is 22.4 Å². The number of carbonyl (C=O) groups excluding carboxylic acids is 1. The molecule has 0 aliphatic rings. The maximum atomic E-state index is 12.8. The van der Waals surface area contributed by atoms with Crippen LogP contribution >= 0.6 is 0 Å². The molecule has 1 aromatic heterocycles. The lowest BCUT2D eigenvalue weighted by molar-refractivity contribution is -0.120. The molecule has 1 amide bonds. The van der Waals surface area contributed by atoms with Gasteiger partial charge in [0, 0.05) is 35.1 Å². The lowest BCUT2D eigenvalue weighted by Gasteiger charge is -2.22. The number of benzene rings is 3. The van der Waals surface area contributed by atoms with Gasteiger partial charge < -0.3 is 19.8 Å². The fraction of sp³-hybridized carbons (Fsp3) is 0.222. The van der Waals surface area contributed by atoms with E-state index in [1.807, 2.05) is 67.7 Å². The van der Waals surface area contributed by atoms with Gasteiger partial charge in [-0.15, -0.1) is 0 Å². The van der Waals surface area contributed by atoms with Crippen LogP contribution in [0.1, 0.15) is 28.2 Å². The third-order valence-corrected chi connectivity index (χ3v) is 5.92. The molecule has 3 aromatic carbocycles. The van der Waals surface area contributed by atoms with Crippen LogP contribution < -0.4 is 14.8 Å². The smallest absolute Gasteiger partial charge is 0.224 e. The van der Waals surface area contributed by atoms with E-state index in [9.17, 15) is 4.79 Å². The molecule has 0 bridgehead atoms. The third kappa shape index (κ3) is 4.33. The van der Waals surface area contributed by atoms with E-state index in [4.69, 9.17) is 9.47 Å². The molecule has 0 fully saturated rings. The number of rotatable bonds is 8. The quantitative estimate of drug-likeness (QED) is 0.416. The van der Waals surface area contributed by atoms with Crippen molar-refractivity contribution in [2.45, 2.75) is 19.3 Å². The number of nitrogens with one attached hydrogen (secondary N) is 2. The Hall–Kier alpha value is -3.73. The predicted octanol–water partition coefficient (Wildman–Crippen LogP) is 4.98. The molecule has 0 spiro atoms. The second-order valence-corrected chi connectivity index (χ2v) is 7.83. The van der Waals surface area contributed by atoms with Crippen molar-refractivity contribution in [3.05, 3.63) is 95.2 Å². The Morgan fingerprint density at radius 3 is 2.50 bits per heavy atom. The van der Waals surface area contributed by atoms with Gasteiger partial charge in [0.25, 0.3) is 0 Å². The number of hydrogen-bond acceptors (Lipinski definition) is 3. The standard InChI is InChI=1S/C27H28N2O3/c1-18-9-4-5-10-19(18)15-26(30)29-17-23(21-12-8-14-25(31-2)27(21)32-3)22-16-28-24-13-7-6-11-20(22)24/h4-14,16,23,28H,15,17H2,1-3H3,(H,29,30). The monoisotopic (exact) mass is 428 g/mol. The van der Waals surface area contributed by atoms with Crippen molar-refractivity contribution in [3.63, 3.8) is 0 Å². The van der Waals surface area contributed by atoms with E-state index in [1.54, 1.807) is 14.2 Å². The van der Waals surface area contributed by atoms with Gasteiger partial charge in [0.05, 0.1) is 20.6 Å². The van der Waals surface area contributed by atoms with Crippen LogP contribution in [0, 0.1) is 6.92 Å². The lowest BCUT2D eigenvalue weighted by Crippen LogP contribution is -2.30. The fourth-order valence-electron chi connectivity index (χ4n) is 4.22. The van der Waals surface area contributed by atoms with Gasteiger partial charge in [-0.05, 0) is 35.7 Å². The molecule has 0 aliphatic heterocycles. The van der Waals surface area contributed by atoms with E-state index in [-0.39, 0.29) is 11.8 Å². The summed E-state index contributed by atoms with van der Waals surface area (Å²) in [5.41, 5.74) is 5.27. The topological polar surface area (TPSA) is 63.3 Å². The minimum Gasteiger partial charge on any atom is -0.493 e. The van der Waals surface area contributed by atoms with Gasteiger partial charge in [-0.1, -0.05) is 54.6 Å². The first-order chi connectivity index (χ1) is 15.6. The zero-order valence-electron chi connectivity index (χ0n) is 18.6. The second-order valence-electron chi connectivity index (χ2n) is 7.83. The van der Waals surface area contributed by atoms with E-state index < -0.39 is 0 Å². The van der Waals surface area contributed by atoms with Crippen molar-refractivity contribution in [1.29, 1.82) is 0 Å². The SMILES string of the molecule is COc1cccc(C(CNC(=O)Cc2ccccc2C)c2c[nH]c3ccccc23)c1OC. The molecule has 0 aliphatic carbocycles. The molecule has 2 N–H and O–H groups in total. The Morgan fingerprint density at radius 2 is 1.72 bits per heavy atom. The first-order valence-corrected chi connectivity index (χ1v) is 10.7. The molecule has 1 unspecified atom stereocenters. The number of aryl methyl sites for hydroxylation is 1. The van der Waals surface area contributed by atoms with Crippen molar-refractivity contribution in [2.75, 3.05) is 20.8 Å². The summed E-state index contributed by atoms with van der Waals surface area (Å²) in [5, 5.41) is 4.27. The number of ether oxygens (including phenoxy) is 2. The molecule has 164 valence electrons. The molecule has 1 atom stereocenters. The van der Waals surface area contributed by atoms with Crippen LogP contribution in [0.4, 0.5) is 0 Å². The van der Waals surface area contributed by atoms with Crippen molar-refractivity contribution < 1.29 is 14.3 Å². The Balaban J connectivity index is 1.67. The third-order valence-electron chi connectivity index (χ3n) is 5.92. The molecule has 0 saturated heterocycles. The molecule has 1 heterocycles. The van der Waals surface area contributed by atoms with Gasteiger partial charge >= 0.3 is 0 Å². The van der Waals surface area contributed by atoms with Crippen LogP contribution in [0.2, 0.25) is 0 Å². The number of H-pyrrole nitrogens is 1. The van der Waals surface area contributed by atoms with Crippen LogP contribution in [-0.2, 0) is 11.2 Å². The minimum absolute atomic E-state index is 0.00833. The van der Waals surface area contributed by atoms with Gasteiger partial charge in [-0.25, -0.2) is 0 Å². The second kappa shape index (κ2) is 9.60. The van der Waals surface area contributed by atoms with Crippen molar-refractivity contribution in [3.8, 4) is 11.5 Å². The summed E-state index contributed by atoms with van der Waals surface area (Å²) in [5.74, 6) is 1.22. The molecular weight excluding hydrogens is 400 g/mol. The maximum Gasteiger partial charge on any atom is 0.224 e. The van der Waals surface area contributed by atoms with Crippen LogP contribution in [0.25, 0.3) is 10.9 Å². The molecule has 0 radical (unpaired) electrons. The van der Waals surface area contributed by atoms with Crippen molar-refractivity contribution in [1.82, 2.24) is 10.3 Å². The highest BCUT2D eigenvalue weighted by molar-refractivity contribution is 5.85. The number of carbonyl (C=O) groups is 1. The van der Waals surface area contributed by atoms with Gasteiger partial charge in [-0.3, -0.25) is 4.79 Å².